The van der Waals surface area contributed by atoms with E-state index in [1.165, 1.54) is 31.2 Å². The topological polar surface area (TPSA) is 33.2 Å². The highest BCUT2D eigenvalue weighted by Crippen LogP contribution is 2.38. The van der Waals surface area contributed by atoms with Crippen molar-refractivity contribution in [2.45, 2.75) is 37.8 Å². The number of carbonyl (C=O) groups excluding carboxylic acids is 1. The molecule has 2 fully saturated rings. The van der Waals surface area contributed by atoms with Crippen molar-refractivity contribution in [1.29, 1.82) is 0 Å². The first-order chi connectivity index (χ1) is 8.65. The Kier molecular flexibility index (Phi) is 2.90. The molecule has 2 bridgehead atoms. The maximum atomic E-state index is 13.1. The summed E-state index contributed by atoms with van der Waals surface area (Å²) in [6.45, 7) is 0. The van der Waals surface area contributed by atoms with E-state index in [1.807, 2.05) is 0 Å². The fourth-order valence-electron chi connectivity index (χ4n) is 3.37. The average Bonchev–Trinajstić information content (AvgIpc) is 2.61. The van der Waals surface area contributed by atoms with Crippen molar-refractivity contribution in [3.8, 4) is 0 Å². The Morgan fingerprint density at radius 3 is 2.67 bits per heavy atom. The van der Waals surface area contributed by atoms with Crippen LogP contribution in [0.15, 0.2) is 18.3 Å². The molecule has 0 aliphatic carbocycles. The lowest BCUT2D eigenvalue weighted by Crippen LogP contribution is -2.42. The molecule has 2 aliphatic heterocycles. The summed E-state index contributed by atoms with van der Waals surface area (Å²) in [5.74, 6) is -0.350. The molecule has 2 aliphatic rings. The highest BCUT2D eigenvalue weighted by molar-refractivity contribution is 5.96. The molecule has 0 N–H and O–H groups in total. The molecule has 0 radical (unpaired) electrons. The molecule has 1 aromatic rings. The predicted molar refractivity (Wildman–Crippen MR) is 65.8 cm³/mol. The largest absolute Gasteiger partial charge is 0.300 e. The molecule has 0 spiro atoms. The van der Waals surface area contributed by atoms with E-state index in [4.69, 9.17) is 0 Å². The molecule has 0 saturated carbocycles. The number of pyridine rings is 1. The van der Waals surface area contributed by atoms with Crippen LogP contribution in [0.4, 0.5) is 4.39 Å². The third-order valence-corrected chi connectivity index (χ3v) is 4.44. The third-order valence-electron chi connectivity index (χ3n) is 4.44. The number of carbonyl (C=O) groups is 1. The Morgan fingerprint density at radius 2 is 2.06 bits per heavy atom. The lowest BCUT2D eigenvalue weighted by Gasteiger charge is -2.35. The van der Waals surface area contributed by atoms with E-state index in [1.54, 1.807) is 0 Å². The molecular weight excluding hydrogens is 231 g/mol. The summed E-state index contributed by atoms with van der Waals surface area (Å²) in [7, 11) is 2.14. The van der Waals surface area contributed by atoms with Gasteiger partial charge in [0.1, 0.15) is 11.5 Å². The SMILES string of the molecule is CN1C2CCC1CC(C(=O)c1cc(F)ccn1)C2. The molecule has 4 heteroatoms. The van der Waals surface area contributed by atoms with Crippen molar-refractivity contribution in [3.63, 3.8) is 0 Å². The Labute approximate surface area is 106 Å². The van der Waals surface area contributed by atoms with E-state index >= 15 is 0 Å². The van der Waals surface area contributed by atoms with Crippen LogP contribution in [0.2, 0.25) is 0 Å². The zero-order valence-corrected chi connectivity index (χ0v) is 10.5. The van der Waals surface area contributed by atoms with Gasteiger partial charge in [0.25, 0.3) is 0 Å². The molecule has 0 aromatic carbocycles. The van der Waals surface area contributed by atoms with Gasteiger partial charge in [-0.05, 0) is 38.8 Å². The lowest BCUT2D eigenvalue weighted by atomic mass is 9.86. The van der Waals surface area contributed by atoms with Crippen molar-refractivity contribution in [2.24, 2.45) is 5.92 Å². The van der Waals surface area contributed by atoms with Crippen LogP contribution in [0, 0.1) is 11.7 Å². The normalized spacial score (nSPS) is 31.6. The summed E-state index contributed by atoms with van der Waals surface area (Å²) < 4.78 is 13.1. The summed E-state index contributed by atoms with van der Waals surface area (Å²) in [5, 5.41) is 0. The first kappa shape index (κ1) is 11.8. The van der Waals surface area contributed by atoms with Gasteiger partial charge < -0.3 is 4.90 Å². The van der Waals surface area contributed by atoms with E-state index < -0.39 is 0 Å². The van der Waals surface area contributed by atoms with Crippen molar-refractivity contribution in [3.05, 3.63) is 29.8 Å². The number of hydrogen-bond donors (Lipinski definition) is 0. The lowest BCUT2D eigenvalue weighted by molar-refractivity contribution is 0.0761. The van der Waals surface area contributed by atoms with Crippen LogP contribution in [0.5, 0.6) is 0 Å². The van der Waals surface area contributed by atoms with E-state index in [0.717, 1.165) is 12.8 Å². The highest BCUT2D eigenvalue weighted by Gasteiger charge is 2.41. The molecule has 3 rings (SSSR count). The minimum absolute atomic E-state index is 0.0134. The van der Waals surface area contributed by atoms with E-state index in [-0.39, 0.29) is 23.2 Å². The van der Waals surface area contributed by atoms with Gasteiger partial charge in [0, 0.05) is 30.3 Å². The third kappa shape index (κ3) is 1.94. The van der Waals surface area contributed by atoms with Gasteiger partial charge in [-0.1, -0.05) is 0 Å². The van der Waals surface area contributed by atoms with Gasteiger partial charge in [-0.15, -0.1) is 0 Å². The maximum Gasteiger partial charge on any atom is 0.184 e. The molecule has 96 valence electrons. The van der Waals surface area contributed by atoms with Crippen LogP contribution >= 0.6 is 0 Å². The van der Waals surface area contributed by atoms with Crippen molar-refractivity contribution in [2.75, 3.05) is 7.05 Å². The van der Waals surface area contributed by atoms with Crippen LogP contribution in [-0.4, -0.2) is 34.8 Å². The zero-order valence-electron chi connectivity index (χ0n) is 10.5. The smallest absolute Gasteiger partial charge is 0.184 e. The minimum Gasteiger partial charge on any atom is -0.300 e. The van der Waals surface area contributed by atoms with Crippen LogP contribution < -0.4 is 0 Å². The quantitative estimate of drug-likeness (QED) is 0.753. The van der Waals surface area contributed by atoms with Gasteiger partial charge in [0.15, 0.2) is 5.78 Å². The number of rotatable bonds is 2. The van der Waals surface area contributed by atoms with Crippen molar-refractivity contribution < 1.29 is 9.18 Å². The second kappa shape index (κ2) is 4.43. The monoisotopic (exact) mass is 248 g/mol. The number of Topliss-reactive ketones (excluding diaryl/α,β-unsaturated/α-hetero) is 1. The number of ketones is 1. The van der Waals surface area contributed by atoms with E-state index in [9.17, 15) is 9.18 Å². The minimum atomic E-state index is -0.385. The van der Waals surface area contributed by atoms with Gasteiger partial charge in [0.2, 0.25) is 0 Å². The van der Waals surface area contributed by atoms with Crippen LogP contribution in [0.1, 0.15) is 36.2 Å². The Balaban J connectivity index is 1.78. The second-order valence-corrected chi connectivity index (χ2v) is 5.44. The molecule has 2 unspecified atom stereocenters. The maximum absolute atomic E-state index is 13.1. The zero-order chi connectivity index (χ0) is 12.7. The van der Waals surface area contributed by atoms with Crippen molar-refractivity contribution >= 4 is 5.78 Å². The Morgan fingerprint density at radius 1 is 1.39 bits per heavy atom. The number of aromatic nitrogens is 1. The van der Waals surface area contributed by atoms with Crippen LogP contribution in [-0.2, 0) is 0 Å². The first-order valence-corrected chi connectivity index (χ1v) is 6.53. The van der Waals surface area contributed by atoms with E-state index in [0.29, 0.717) is 12.1 Å². The summed E-state index contributed by atoms with van der Waals surface area (Å²) in [6, 6.07) is 3.56. The van der Waals surface area contributed by atoms with Crippen LogP contribution in [0.25, 0.3) is 0 Å². The van der Waals surface area contributed by atoms with E-state index in [2.05, 4.69) is 16.9 Å². The molecule has 3 nitrogen and oxygen atoms in total. The first-order valence-electron chi connectivity index (χ1n) is 6.53. The van der Waals surface area contributed by atoms with Gasteiger partial charge in [-0.3, -0.25) is 9.78 Å². The summed E-state index contributed by atoms with van der Waals surface area (Å²) >= 11 is 0. The van der Waals surface area contributed by atoms with Gasteiger partial charge in [0.05, 0.1) is 0 Å². The fourth-order valence-corrected chi connectivity index (χ4v) is 3.37. The standard InChI is InChI=1S/C14H17FN2O/c1-17-11-2-3-12(17)7-9(6-11)14(18)13-8-10(15)4-5-16-13/h4-5,8-9,11-12H,2-3,6-7H2,1H3. The predicted octanol–water partition coefficient (Wildman–Crippen LogP) is 2.28. The Bertz CT molecular complexity index is 463. The fraction of sp³-hybridized carbons (Fsp3) is 0.571. The second-order valence-electron chi connectivity index (χ2n) is 5.44. The molecular formula is C14H17FN2O. The van der Waals surface area contributed by atoms with Crippen LogP contribution in [0.3, 0.4) is 0 Å². The number of halogens is 1. The number of hydrogen-bond acceptors (Lipinski definition) is 3. The number of fused-ring (bicyclic) bond motifs is 2. The van der Waals surface area contributed by atoms with Gasteiger partial charge in [-0.2, -0.15) is 0 Å². The van der Waals surface area contributed by atoms with Gasteiger partial charge >= 0.3 is 0 Å². The Hall–Kier alpha value is -1.29. The molecule has 3 heterocycles. The summed E-state index contributed by atoms with van der Waals surface area (Å²) in [4.78, 5) is 18.7. The molecule has 2 saturated heterocycles. The summed E-state index contributed by atoms with van der Waals surface area (Å²) in [6.07, 6.45) is 5.52. The molecule has 2 atom stereocenters. The molecule has 1 aromatic heterocycles. The molecule has 0 amide bonds. The summed E-state index contributed by atoms with van der Waals surface area (Å²) in [5.41, 5.74) is 0.281. The number of nitrogens with zero attached hydrogens (tertiary/aromatic N) is 2. The number of piperidine rings is 1. The van der Waals surface area contributed by atoms with Crippen molar-refractivity contribution in [1.82, 2.24) is 9.88 Å². The molecule has 18 heavy (non-hydrogen) atoms. The highest BCUT2D eigenvalue weighted by atomic mass is 19.1. The average molecular weight is 248 g/mol. The van der Waals surface area contributed by atoms with Gasteiger partial charge in [-0.25, -0.2) is 4.39 Å².